The van der Waals surface area contributed by atoms with E-state index in [1.54, 1.807) is 18.5 Å². The summed E-state index contributed by atoms with van der Waals surface area (Å²) < 4.78 is 15.3. The standard InChI is InChI=1S/C16H12FN3O/c17-14-5-11(7-18)4-12(6-14)8-20-9-13(10-21)15-2-1-3-19-16(15)20/h1-6,9,21H,8,10H2. The first-order chi connectivity index (χ1) is 10.2. The average molecular weight is 281 g/mol. The smallest absolute Gasteiger partial charge is 0.140 e. The lowest BCUT2D eigenvalue weighted by Gasteiger charge is -2.05. The molecule has 0 fully saturated rings. The van der Waals surface area contributed by atoms with Gasteiger partial charge in [-0.3, -0.25) is 0 Å². The molecule has 5 heteroatoms. The van der Waals surface area contributed by atoms with Crippen molar-refractivity contribution in [1.29, 1.82) is 5.26 Å². The lowest BCUT2D eigenvalue weighted by atomic mass is 10.1. The molecule has 0 aliphatic heterocycles. The van der Waals surface area contributed by atoms with Gasteiger partial charge in [-0.25, -0.2) is 9.37 Å². The van der Waals surface area contributed by atoms with Crippen LogP contribution in [-0.2, 0) is 13.2 Å². The molecule has 1 aromatic carbocycles. The molecular formula is C16H12FN3O. The summed E-state index contributed by atoms with van der Waals surface area (Å²) in [5.74, 6) is -0.434. The summed E-state index contributed by atoms with van der Waals surface area (Å²) in [7, 11) is 0. The van der Waals surface area contributed by atoms with Crippen LogP contribution in [0.5, 0.6) is 0 Å². The van der Waals surface area contributed by atoms with Gasteiger partial charge >= 0.3 is 0 Å². The average Bonchev–Trinajstić information content (AvgIpc) is 2.85. The summed E-state index contributed by atoms with van der Waals surface area (Å²) >= 11 is 0. The van der Waals surface area contributed by atoms with Gasteiger partial charge < -0.3 is 9.67 Å². The first-order valence-corrected chi connectivity index (χ1v) is 6.44. The molecule has 0 aliphatic carbocycles. The predicted molar refractivity (Wildman–Crippen MR) is 75.9 cm³/mol. The molecule has 0 bridgehead atoms. The van der Waals surface area contributed by atoms with Crippen molar-refractivity contribution in [3.05, 3.63) is 65.2 Å². The number of nitrogens with zero attached hydrogens (tertiary/aromatic N) is 3. The SMILES string of the molecule is N#Cc1cc(F)cc(Cn2cc(CO)c3cccnc32)c1. The lowest BCUT2D eigenvalue weighted by molar-refractivity contribution is 0.283. The summed E-state index contributed by atoms with van der Waals surface area (Å²) in [5, 5.41) is 19.2. The van der Waals surface area contributed by atoms with E-state index in [2.05, 4.69) is 4.98 Å². The Hall–Kier alpha value is -2.71. The van der Waals surface area contributed by atoms with E-state index in [-0.39, 0.29) is 12.2 Å². The summed E-state index contributed by atoms with van der Waals surface area (Å²) in [5.41, 5.74) is 2.47. The third-order valence-electron chi connectivity index (χ3n) is 3.33. The van der Waals surface area contributed by atoms with Crippen LogP contribution in [-0.4, -0.2) is 14.7 Å². The number of pyridine rings is 1. The fraction of sp³-hybridized carbons (Fsp3) is 0.125. The maximum atomic E-state index is 13.5. The molecule has 0 amide bonds. The summed E-state index contributed by atoms with van der Waals surface area (Å²) in [6.45, 7) is 0.307. The van der Waals surface area contributed by atoms with Crippen LogP contribution >= 0.6 is 0 Å². The Morgan fingerprint density at radius 1 is 1.33 bits per heavy atom. The largest absolute Gasteiger partial charge is 0.392 e. The Morgan fingerprint density at radius 3 is 2.95 bits per heavy atom. The first kappa shape index (κ1) is 13.3. The minimum atomic E-state index is -0.434. The second kappa shape index (κ2) is 5.35. The zero-order chi connectivity index (χ0) is 14.8. The van der Waals surface area contributed by atoms with E-state index < -0.39 is 5.82 Å². The zero-order valence-electron chi connectivity index (χ0n) is 11.1. The highest BCUT2D eigenvalue weighted by molar-refractivity contribution is 5.80. The Labute approximate surface area is 120 Å². The highest BCUT2D eigenvalue weighted by atomic mass is 19.1. The molecule has 0 spiro atoms. The van der Waals surface area contributed by atoms with Crippen molar-refractivity contribution in [3.8, 4) is 6.07 Å². The second-order valence-corrected chi connectivity index (χ2v) is 4.77. The van der Waals surface area contributed by atoms with Crippen molar-refractivity contribution in [2.45, 2.75) is 13.2 Å². The van der Waals surface area contributed by atoms with E-state index in [9.17, 15) is 9.50 Å². The van der Waals surface area contributed by atoms with Gasteiger partial charge in [0.1, 0.15) is 11.5 Å². The molecule has 0 atom stereocenters. The molecule has 4 nitrogen and oxygen atoms in total. The molecule has 0 radical (unpaired) electrons. The van der Waals surface area contributed by atoms with E-state index in [0.29, 0.717) is 12.1 Å². The Bertz CT molecular complexity index is 848. The maximum Gasteiger partial charge on any atom is 0.140 e. The molecule has 0 saturated carbocycles. The van der Waals surface area contributed by atoms with Gasteiger partial charge in [-0.2, -0.15) is 5.26 Å². The predicted octanol–water partition coefficient (Wildman–Crippen LogP) is 2.59. The van der Waals surface area contributed by atoms with Gasteiger partial charge in [0.25, 0.3) is 0 Å². The van der Waals surface area contributed by atoms with Crippen molar-refractivity contribution in [2.75, 3.05) is 0 Å². The van der Waals surface area contributed by atoms with Crippen molar-refractivity contribution in [3.63, 3.8) is 0 Å². The van der Waals surface area contributed by atoms with Gasteiger partial charge in [-0.1, -0.05) is 0 Å². The van der Waals surface area contributed by atoms with Crippen molar-refractivity contribution in [1.82, 2.24) is 9.55 Å². The number of nitriles is 1. The second-order valence-electron chi connectivity index (χ2n) is 4.77. The van der Waals surface area contributed by atoms with Gasteiger partial charge in [0.05, 0.1) is 18.2 Å². The van der Waals surface area contributed by atoms with Gasteiger partial charge in [0, 0.05) is 29.9 Å². The van der Waals surface area contributed by atoms with Crippen LogP contribution in [0.2, 0.25) is 0 Å². The Kier molecular flexibility index (Phi) is 3.38. The molecule has 2 aromatic heterocycles. The maximum absolute atomic E-state index is 13.5. The molecule has 21 heavy (non-hydrogen) atoms. The van der Waals surface area contributed by atoms with Crippen LogP contribution in [0, 0.1) is 17.1 Å². The van der Waals surface area contributed by atoms with Gasteiger partial charge in [-0.05, 0) is 35.9 Å². The molecule has 2 heterocycles. The third-order valence-corrected chi connectivity index (χ3v) is 3.33. The van der Waals surface area contributed by atoms with Crippen LogP contribution in [0.4, 0.5) is 4.39 Å². The molecular weight excluding hydrogens is 269 g/mol. The quantitative estimate of drug-likeness (QED) is 0.802. The summed E-state index contributed by atoms with van der Waals surface area (Å²) in [6, 6.07) is 9.88. The van der Waals surface area contributed by atoms with Crippen molar-refractivity contribution < 1.29 is 9.50 Å². The van der Waals surface area contributed by atoms with Crippen LogP contribution in [0.3, 0.4) is 0 Å². The van der Waals surface area contributed by atoms with Crippen LogP contribution in [0.25, 0.3) is 11.0 Å². The fourth-order valence-corrected chi connectivity index (χ4v) is 2.44. The molecule has 1 N–H and O–H groups in total. The van der Waals surface area contributed by atoms with E-state index in [4.69, 9.17) is 5.26 Å². The fourth-order valence-electron chi connectivity index (χ4n) is 2.44. The van der Waals surface area contributed by atoms with Crippen LogP contribution in [0.15, 0.2) is 42.7 Å². The van der Waals surface area contributed by atoms with Gasteiger partial charge in [0.15, 0.2) is 0 Å². The van der Waals surface area contributed by atoms with Gasteiger partial charge in [0.2, 0.25) is 0 Å². The number of fused-ring (bicyclic) bond motifs is 1. The van der Waals surface area contributed by atoms with E-state index in [0.717, 1.165) is 16.6 Å². The number of aromatic nitrogens is 2. The minimum Gasteiger partial charge on any atom is -0.392 e. The Balaban J connectivity index is 2.06. The number of benzene rings is 1. The van der Waals surface area contributed by atoms with Crippen LogP contribution < -0.4 is 0 Å². The molecule has 3 aromatic rings. The highest BCUT2D eigenvalue weighted by Gasteiger charge is 2.09. The van der Waals surface area contributed by atoms with E-state index >= 15 is 0 Å². The monoisotopic (exact) mass is 281 g/mol. The van der Waals surface area contributed by atoms with Gasteiger partial charge in [-0.15, -0.1) is 0 Å². The molecule has 3 rings (SSSR count). The number of aliphatic hydroxyl groups excluding tert-OH is 1. The normalized spacial score (nSPS) is 10.7. The Morgan fingerprint density at radius 2 is 2.19 bits per heavy atom. The number of aliphatic hydroxyl groups is 1. The molecule has 0 saturated heterocycles. The zero-order valence-corrected chi connectivity index (χ0v) is 11.1. The summed E-state index contributed by atoms with van der Waals surface area (Å²) in [6.07, 6.45) is 3.47. The molecule has 0 unspecified atom stereocenters. The highest BCUT2D eigenvalue weighted by Crippen LogP contribution is 2.21. The lowest BCUT2D eigenvalue weighted by Crippen LogP contribution is -2.00. The molecule has 104 valence electrons. The van der Waals surface area contributed by atoms with Crippen molar-refractivity contribution in [2.24, 2.45) is 0 Å². The molecule has 0 aliphatic rings. The number of hydrogen-bond donors (Lipinski definition) is 1. The van der Waals surface area contributed by atoms with Crippen molar-refractivity contribution >= 4 is 11.0 Å². The third kappa shape index (κ3) is 2.49. The minimum absolute atomic E-state index is 0.0816. The van der Waals surface area contributed by atoms with E-state index in [1.807, 2.05) is 22.8 Å². The summed E-state index contributed by atoms with van der Waals surface area (Å²) in [4.78, 5) is 4.30. The first-order valence-electron chi connectivity index (χ1n) is 6.44. The van der Waals surface area contributed by atoms with E-state index in [1.165, 1.54) is 12.1 Å². The number of hydrogen-bond acceptors (Lipinski definition) is 3. The topological polar surface area (TPSA) is 61.8 Å². The van der Waals surface area contributed by atoms with Crippen LogP contribution in [0.1, 0.15) is 16.7 Å². The number of rotatable bonds is 3. The number of halogens is 1.